The van der Waals surface area contributed by atoms with E-state index in [1.165, 1.54) is 0 Å². The van der Waals surface area contributed by atoms with E-state index in [4.69, 9.17) is 5.26 Å². The minimum absolute atomic E-state index is 0.0383. The van der Waals surface area contributed by atoms with Gasteiger partial charge in [-0.3, -0.25) is 9.59 Å². The third-order valence-electron chi connectivity index (χ3n) is 5.92. The molecule has 5 heteroatoms. The molecule has 2 aliphatic rings. The van der Waals surface area contributed by atoms with Crippen LogP contribution in [0.15, 0.2) is 60.7 Å². The van der Waals surface area contributed by atoms with Gasteiger partial charge < -0.3 is 10.2 Å². The summed E-state index contributed by atoms with van der Waals surface area (Å²) in [6.45, 7) is 2.48. The number of hydrogen-bond donors (Lipinski definition) is 1. The maximum absolute atomic E-state index is 13.0. The van der Waals surface area contributed by atoms with E-state index >= 15 is 0 Å². The summed E-state index contributed by atoms with van der Waals surface area (Å²) < 4.78 is 0. The van der Waals surface area contributed by atoms with Gasteiger partial charge in [-0.15, -0.1) is 0 Å². The zero-order chi connectivity index (χ0) is 21.5. The molecule has 0 spiro atoms. The van der Waals surface area contributed by atoms with Crippen molar-refractivity contribution in [3.05, 3.63) is 88.5 Å². The number of amides is 2. The van der Waals surface area contributed by atoms with Crippen molar-refractivity contribution >= 4 is 17.5 Å². The fraction of sp³-hybridized carbons (Fsp3) is 0.192. The fourth-order valence-electron chi connectivity index (χ4n) is 4.01. The van der Waals surface area contributed by atoms with Gasteiger partial charge in [-0.05, 0) is 84.5 Å². The first kappa shape index (κ1) is 19.1. The predicted molar refractivity (Wildman–Crippen MR) is 119 cm³/mol. The van der Waals surface area contributed by atoms with Gasteiger partial charge in [0.25, 0.3) is 11.8 Å². The summed E-state index contributed by atoms with van der Waals surface area (Å²) in [5.74, 6) is -0.102. The number of nitrogens with zero attached hydrogens (tertiary/aromatic N) is 2. The van der Waals surface area contributed by atoms with Gasteiger partial charge in [0.1, 0.15) is 0 Å². The molecule has 1 N–H and O–H groups in total. The van der Waals surface area contributed by atoms with Crippen LogP contribution in [0.1, 0.15) is 50.2 Å². The largest absolute Gasteiger partial charge is 0.349 e. The topological polar surface area (TPSA) is 73.2 Å². The van der Waals surface area contributed by atoms with Crippen LogP contribution < -0.4 is 10.2 Å². The Morgan fingerprint density at radius 1 is 1.06 bits per heavy atom. The zero-order valence-corrected chi connectivity index (χ0v) is 17.2. The molecule has 31 heavy (non-hydrogen) atoms. The normalized spacial score (nSPS) is 14.8. The molecule has 5 rings (SSSR count). The smallest absolute Gasteiger partial charge is 0.258 e. The van der Waals surface area contributed by atoms with E-state index < -0.39 is 0 Å². The van der Waals surface area contributed by atoms with Crippen LogP contribution in [0.5, 0.6) is 0 Å². The Labute approximate surface area is 180 Å². The fourth-order valence-corrected chi connectivity index (χ4v) is 4.01. The molecule has 0 unspecified atom stereocenters. The maximum Gasteiger partial charge on any atom is 0.258 e. The van der Waals surface area contributed by atoms with Crippen LogP contribution in [0.25, 0.3) is 11.1 Å². The lowest BCUT2D eigenvalue weighted by molar-refractivity contribution is 0.0949. The molecule has 1 saturated carbocycles. The third-order valence-corrected chi connectivity index (χ3v) is 5.92. The molecule has 1 aliphatic heterocycles. The molecule has 0 atom stereocenters. The average molecular weight is 407 g/mol. The van der Waals surface area contributed by atoms with E-state index in [0.29, 0.717) is 29.3 Å². The van der Waals surface area contributed by atoms with Crippen LogP contribution in [-0.2, 0) is 6.54 Å². The number of aryl methyl sites for hydroxylation is 1. The first-order valence-electron chi connectivity index (χ1n) is 10.4. The first-order chi connectivity index (χ1) is 15.0. The number of anilines is 1. The molecule has 0 bridgehead atoms. The maximum atomic E-state index is 13.0. The summed E-state index contributed by atoms with van der Waals surface area (Å²) in [5.41, 5.74) is 6.56. The molecule has 3 aromatic rings. The number of hydrogen-bond acceptors (Lipinski definition) is 3. The van der Waals surface area contributed by atoms with Gasteiger partial charge >= 0.3 is 0 Å². The molecule has 0 radical (unpaired) electrons. The van der Waals surface area contributed by atoms with Gasteiger partial charge in [0.15, 0.2) is 0 Å². The Morgan fingerprint density at radius 2 is 1.90 bits per heavy atom. The predicted octanol–water partition coefficient (Wildman–Crippen LogP) is 4.59. The lowest BCUT2D eigenvalue weighted by Crippen LogP contribution is -2.25. The van der Waals surface area contributed by atoms with Gasteiger partial charge in [-0.1, -0.05) is 18.2 Å². The molecule has 1 heterocycles. The van der Waals surface area contributed by atoms with Gasteiger partial charge in [0.2, 0.25) is 0 Å². The second-order valence-corrected chi connectivity index (χ2v) is 8.20. The highest BCUT2D eigenvalue weighted by atomic mass is 16.2. The van der Waals surface area contributed by atoms with E-state index in [1.54, 1.807) is 23.1 Å². The quantitative estimate of drug-likeness (QED) is 0.688. The highest BCUT2D eigenvalue weighted by Gasteiger charge is 2.29. The Balaban J connectivity index is 1.46. The standard InChI is InChI=1S/C26H21N3O2/c1-16-5-6-19(25(30)28-21-8-9-21)13-24(16)18-7-10-23-20(12-18)15-29(26(23)31)22-4-2-3-17(11-22)14-27/h2-7,10-13,21H,8-9,15H2,1H3,(H,28,30). The molecule has 152 valence electrons. The van der Waals surface area contributed by atoms with Gasteiger partial charge in [0, 0.05) is 22.9 Å². The summed E-state index contributed by atoms with van der Waals surface area (Å²) in [4.78, 5) is 27.1. The Morgan fingerprint density at radius 3 is 2.68 bits per heavy atom. The van der Waals surface area contributed by atoms with Gasteiger partial charge in [-0.2, -0.15) is 5.26 Å². The number of nitrogens with one attached hydrogen (secondary N) is 1. The molecule has 3 aromatic carbocycles. The van der Waals surface area contributed by atoms with Crippen molar-refractivity contribution in [2.75, 3.05) is 4.90 Å². The number of fused-ring (bicyclic) bond motifs is 1. The van der Waals surface area contributed by atoms with E-state index in [-0.39, 0.29) is 11.8 Å². The Bertz CT molecular complexity index is 1270. The van der Waals surface area contributed by atoms with Crippen molar-refractivity contribution in [2.24, 2.45) is 0 Å². The zero-order valence-electron chi connectivity index (χ0n) is 17.2. The second-order valence-electron chi connectivity index (χ2n) is 8.20. The molecule has 1 aliphatic carbocycles. The summed E-state index contributed by atoms with van der Waals surface area (Å²) in [5, 5.41) is 12.2. The molecule has 0 aromatic heterocycles. The number of carbonyl (C=O) groups is 2. The molecular formula is C26H21N3O2. The summed E-state index contributed by atoms with van der Waals surface area (Å²) >= 11 is 0. The number of nitriles is 1. The summed E-state index contributed by atoms with van der Waals surface area (Å²) in [7, 11) is 0. The lowest BCUT2D eigenvalue weighted by atomic mass is 9.95. The molecule has 2 amide bonds. The summed E-state index contributed by atoms with van der Waals surface area (Å²) in [6.07, 6.45) is 2.11. The molecule has 0 saturated heterocycles. The van der Waals surface area contributed by atoms with Crippen molar-refractivity contribution in [3.63, 3.8) is 0 Å². The molecule has 5 nitrogen and oxygen atoms in total. The van der Waals surface area contributed by atoms with Gasteiger partial charge in [-0.25, -0.2) is 0 Å². The van der Waals surface area contributed by atoms with E-state index in [1.807, 2.05) is 49.4 Å². The van der Waals surface area contributed by atoms with Crippen LogP contribution in [0, 0.1) is 18.3 Å². The monoisotopic (exact) mass is 407 g/mol. The van der Waals surface area contributed by atoms with Crippen LogP contribution >= 0.6 is 0 Å². The average Bonchev–Trinajstić information content (AvgIpc) is 3.55. The number of carbonyl (C=O) groups excluding carboxylic acids is 2. The second kappa shape index (κ2) is 7.41. The Hall–Kier alpha value is -3.91. The minimum atomic E-state index is -0.0640. The number of rotatable bonds is 4. The highest BCUT2D eigenvalue weighted by Crippen LogP contribution is 2.33. The van der Waals surface area contributed by atoms with Crippen LogP contribution in [0.2, 0.25) is 0 Å². The molecule has 1 fully saturated rings. The van der Waals surface area contributed by atoms with Crippen LogP contribution in [0.3, 0.4) is 0 Å². The van der Waals surface area contributed by atoms with Crippen molar-refractivity contribution in [1.29, 1.82) is 5.26 Å². The van der Waals surface area contributed by atoms with Crippen molar-refractivity contribution < 1.29 is 9.59 Å². The van der Waals surface area contributed by atoms with E-state index in [9.17, 15) is 9.59 Å². The highest BCUT2D eigenvalue weighted by molar-refractivity contribution is 6.10. The van der Waals surface area contributed by atoms with E-state index in [2.05, 4.69) is 11.4 Å². The lowest BCUT2D eigenvalue weighted by Gasteiger charge is -2.15. The van der Waals surface area contributed by atoms with Crippen molar-refractivity contribution in [2.45, 2.75) is 32.4 Å². The summed E-state index contributed by atoms with van der Waals surface area (Å²) in [6, 6.07) is 21.1. The number of benzene rings is 3. The van der Waals surface area contributed by atoms with Crippen LogP contribution in [-0.4, -0.2) is 17.9 Å². The Kier molecular flexibility index (Phi) is 4.56. The molecular weight excluding hydrogens is 386 g/mol. The first-order valence-corrected chi connectivity index (χ1v) is 10.4. The minimum Gasteiger partial charge on any atom is -0.349 e. The van der Waals surface area contributed by atoms with Crippen LogP contribution in [0.4, 0.5) is 5.69 Å². The van der Waals surface area contributed by atoms with Crippen molar-refractivity contribution in [1.82, 2.24) is 5.32 Å². The van der Waals surface area contributed by atoms with Crippen molar-refractivity contribution in [3.8, 4) is 17.2 Å². The van der Waals surface area contributed by atoms with Gasteiger partial charge in [0.05, 0.1) is 18.2 Å². The third kappa shape index (κ3) is 3.57. The SMILES string of the molecule is Cc1ccc(C(=O)NC2CC2)cc1-c1ccc2c(c1)CN(c1cccc(C#N)c1)C2=O. The van der Waals surface area contributed by atoms with E-state index in [0.717, 1.165) is 40.8 Å².